The van der Waals surface area contributed by atoms with Crippen LogP contribution >= 0.6 is 0 Å². The van der Waals surface area contributed by atoms with Gasteiger partial charge in [0.15, 0.2) is 0 Å². The number of ether oxygens (including phenoxy) is 1. The van der Waals surface area contributed by atoms with E-state index in [9.17, 15) is 4.79 Å². The van der Waals surface area contributed by atoms with Gasteiger partial charge >= 0.3 is 5.69 Å². The van der Waals surface area contributed by atoms with Crippen LogP contribution in [0, 0.1) is 6.92 Å². The summed E-state index contributed by atoms with van der Waals surface area (Å²) in [5.74, 6) is 0.319. The van der Waals surface area contributed by atoms with Crippen molar-refractivity contribution in [3.63, 3.8) is 0 Å². The Hall–Kier alpha value is -1.36. The highest BCUT2D eigenvalue weighted by atomic mass is 16.4. The number of anilines is 1. The van der Waals surface area contributed by atoms with Crippen molar-refractivity contribution in [1.29, 1.82) is 0 Å². The summed E-state index contributed by atoms with van der Waals surface area (Å²) in [7, 11) is 3.25. The van der Waals surface area contributed by atoms with Crippen LogP contribution in [-0.2, 0) is 11.3 Å². The molecule has 0 aromatic carbocycles. The standard InChI is InChI=1S/C7H11N3O.C2H6O/c1-3-10-4-5(2)6(8)9-7(10)11;1-3-2/h4H,3H2,1-2H3,(H2,8,9,11);1-2H3. The number of nitrogens with zero attached hydrogens (tertiary/aromatic N) is 2. The summed E-state index contributed by atoms with van der Waals surface area (Å²) in [6.07, 6.45) is 1.71. The molecular formula is C9H17N3O2. The Morgan fingerprint density at radius 3 is 2.50 bits per heavy atom. The van der Waals surface area contributed by atoms with Gasteiger partial charge in [-0.25, -0.2) is 4.79 Å². The van der Waals surface area contributed by atoms with E-state index in [1.165, 1.54) is 4.57 Å². The van der Waals surface area contributed by atoms with Gasteiger partial charge in [-0.1, -0.05) is 0 Å². The smallest absolute Gasteiger partial charge is 0.349 e. The zero-order chi connectivity index (χ0) is 11.1. The minimum absolute atomic E-state index is 0.282. The van der Waals surface area contributed by atoms with Gasteiger partial charge in [-0.05, 0) is 13.8 Å². The molecule has 0 amide bonds. The molecule has 1 aromatic heterocycles. The molecule has 80 valence electrons. The molecule has 1 aromatic rings. The highest BCUT2D eigenvalue weighted by molar-refractivity contribution is 5.34. The summed E-state index contributed by atoms with van der Waals surface area (Å²) in [4.78, 5) is 14.6. The molecule has 0 saturated carbocycles. The van der Waals surface area contributed by atoms with Crippen molar-refractivity contribution >= 4 is 5.82 Å². The maximum Gasteiger partial charge on any atom is 0.349 e. The largest absolute Gasteiger partial charge is 0.388 e. The molecule has 0 aliphatic heterocycles. The van der Waals surface area contributed by atoms with Crippen LogP contribution in [-0.4, -0.2) is 23.8 Å². The summed E-state index contributed by atoms with van der Waals surface area (Å²) in [6, 6.07) is 0. The lowest BCUT2D eigenvalue weighted by atomic mass is 10.3. The van der Waals surface area contributed by atoms with Gasteiger partial charge in [0, 0.05) is 32.5 Å². The van der Waals surface area contributed by atoms with Crippen LogP contribution in [0.5, 0.6) is 0 Å². The van der Waals surface area contributed by atoms with Gasteiger partial charge in [0.1, 0.15) is 5.82 Å². The normalized spacial score (nSPS) is 9.14. The van der Waals surface area contributed by atoms with E-state index in [4.69, 9.17) is 5.73 Å². The van der Waals surface area contributed by atoms with Crippen LogP contribution in [0.3, 0.4) is 0 Å². The van der Waals surface area contributed by atoms with Crippen LogP contribution in [0.4, 0.5) is 5.82 Å². The predicted molar refractivity (Wildman–Crippen MR) is 56.3 cm³/mol. The van der Waals surface area contributed by atoms with Gasteiger partial charge in [0.2, 0.25) is 0 Å². The molecule has 0 spiro atoms. The van der Waals surface area contributed by atoms with Crippen LogP contribution in [0.1, 0.15) is 12.5 Å². The number of rotatable bonds is 1. The van der Waals surface area contributed by atoms with Crippen molar-refractivity contribution in [3.05, 3.63) is 22.2 Å². The van der Waals surface area contributed by atoms with E-state index >= 15 is 0 Å². The molecule has 0 fully saturated rings. The minimum atomic E-state index is -0.282. The fourth-order valence-electron chi connectivity index (χ4n) is 0.837. The molecule has 0 aliphatic carbocycles. The highest BCUT2D eigenvalue weighted by Crippen LogP contribution is 2.00. The molecule has 5 nitrogen and oxygen atoms in total. The topological polar surface area (TPSA) is 70.1 Å². The van der Waals surface area contributed by atoms with Gasteiger partial charge in [-0.15, -0.1) is 0 Å². The number of nitrogen functional groups attached to an aromatic ring is 1. The van der Waals surface area contributed by atoms with E-state index < -0.39 is 0 Å². The summed E-state index contributed by atoms with van der Waals surface area (Å²) >= 11 is 0. The molecule has 1 rings (SSSR count). The summed E-state index contributed by atoms with van der Waals surface area (Å²) in [5.41, 5.74) is 5.98. The number of aromatic nitrogens is 2. The monoisotopic (exact) mass is 199 g/mol. The molecule has 0 atom stereocenters. The minimum Gasteiger partial charge on any atom is -0.388 e. The average molecular weight is 199 g/mol. The van der Waals surface area contributed by atoms with Crippen molar-refractivity contribution in [2.75, 3.05) is 20.0 Å². The Balaban J connectivity index is 0.000000500. The summed E-state index contributed by atoms with van der Waals surface area (Å²) in [6.45, 7) is 4.35. The lowest BCUT2D eigenvalue weighted by molar-refractivity contribution is 0.277. The zero-order valence-electron chi connectivity index (χ0n) is 9.07. The maximum absolute atomic E-state index is 11.0. The molecule has 0 radical (unpaired) electrons. The Kier molecular flexibility index (Phi) is 5.55. The van der Waals surface area contributed by atoms with Crippen LogP contribution in [0.25, 0.3) is 0 Å². The zero-order valence-corrected chi connectivity index (χ0v) is 9.07. The lowest BCUT2D eigenvalue weighted by Gasteiger charge is -2.02. The Labute approximate surface area is 83.5 Å². The van der Waals surface area contributed by atoms with Gasteiger partial charge in [0.05, 0.1) is 0 Å². The SMILES string of the molecule is CCn1cc(C)c(N)nc1=O.COC. The predicted octanol–water partition coefficient (Wildman–Crippen LogP) is 0.416. The van der Waals surface area contributed by atoms with Crippen molar-refractivity contribution in [2.24, 2.45) is 0 Å². The van der Waals surface area contributed by atoms with Gasteiger partial charge in [-0.2, -0.15) is 4.98 Å². The van der Waals surface area contributed by atoms with E-state index in [-0.39, 0.29) is 5.69 Å². The van der Waals surface area contributed by atoms with E-state index in [1.54, 1.807) is 20.4 Å². The van der Waals surface area contributed by atoms with E-state index in [1.807, 2.05) is 13.8 Å². The molecular weight excluding hydrogens is 182 g/mol. The van der Waals surface area contributed by atoms with Gasteiger partial charge in [-0.3, -0.25) is 4.57 Å². The number of hydrogen-bond donors (Lipinski definition) is 1. The Bertz CT molecular complexity index is 333. The maximum atomic E-state index is 11.0. The first-order chi connectivity index (χ1) is 6.56. The third-order valence-corrected chi connectivity index (χ3v) is 1.56. The number of methoxy groups -OCH3 is 1. The van der Waals surface area contributed by atoms with Crippen molar-refractivity contribution in [3.8, 4) is 0 Å². The molecule has 14 heavy (non-hydrogen) atoms. The first-order valence-corrected chi connectivity index (χ1v) is 4.30. The number of aryl methyl sites for hydroxylation is 2. The number of nitrogens with two attached hydrogens (primary N) is 1. The number of hydrogen-bond acceptors (Lipinski definition) is 4. The molecule has 5 heteroatoms. The second-order valence-corrected chi connectivity index (χ2v) is 2.79. The molecule has 0 bridgehead atoms. The van der Waals surface area contributed by atoms with Crippen LogP contribution < -0.4 is 11.4 Å². The molecule has 2 N–H and O–H groups in total. The lowest BCUT2D eigenvalue weighted by Crippen LogP contribution is -2.23. The summed E-state index contributed by atoms with van der Waals surface area (Å²) in [5, 5.41) is 0. The van der Waals surface area contributed by atoms with Crippen molar-refractivity contribution in [1.82, 2.24) is 9.55 Å². The first-order valence-electron chi connectivity index (χ1n) is 4.30. The molecule has 0 unspecified atom stereocenters. The fourth-order valence-corrected chi connectivity index (χ4v) is 0.837. The van der Waals surface area contributed by atoms with Crippen molar-refractivity contribution in [2.45, 2.75) is 20.4 Å². The Morgan fingerprint density at radius 2 is 2.07 bits per heavy atom. The second kappa shape index (κ2) is 6.15. The highest BCUT2D eigenvalue weighted by Gasteiger charge is 1.98. The second-order valence-electron chi connectivity index (χ2n) is 2.79. The first kappa shape index (κ1) is 12.6. The van der Waals surface area contributed by atoms with Crippen LogP contribution in [0.2, 0.25) is 0 Å². The quantitative estimate of drug-likeness (QED) is 0.711. The van der Waals surface area contributed by atoms with E-state index in [2.05, 4.69) is 9.72 Å². The summed E-state index contributed by atoms with van der Waals surface area (Å²) < 4.78 is 5.77. The fraction of sp³-hybridized carbons (Fsp3) is 0.556. The molecule has 1 heterocycles. The van der Waals surface area contributed by atoms with E-state index in [0.29, 0.717) is 12.4 Å². The average Bonchev–Trinajstić information content (AvgIpc) is 2.12. The van der Waals surface area contributed by atoms with E-state index in [0.717, 1.165) is 5.56 Å². The van der Waals surface area contributed by atoms with Gasteiger partial charge in [0.25, 0.3) is 0 Å². The van der Waals surface area contributed by atoms with Crippen molar-refractivity contribution < 1.29 is 4.74 Å². The third kappa shape index (κ3) is 3.57. The Morgan fingerprint density at radius 1 is 1.57 bits per heavy atom. The molecule has 0 aliphatic rings. The van der Waals surface area contributed by atoms with Crippen LogP contribution in [0.15, 0.2) is 11.0 Å². The third-order valence-electron chi connectivity index (χ3n) is 1.56. The van der Waals surface area contributed by atoms with Gasteiger partial charge < -0.3 is 10.5 Å². The molecule has 0 saturated heterocycles.